The number of aromatic nitrogens is 2. The van der Waals surface area contributed by atoms with Gasteiger partial charge in [0, 0.05) is 36.8 Å². The van der Waals surface area contributed by atoms with Crippen molar-refractivity contribution in [3.63, 3.8) is 0 Å². The van der Waals surface area contributed by atoms with Crippen LogP contribution in [0.3, 0.4) is 0 Å². The van der Waals surface area contributed by atoms with Gasteiger partial charge in [-0.15, -0.1) is 0 Å². The van der Waals surface area contributed by atoms with Gasteiger partial charge < -0.3 is 10.1 Å². The van der Waals surface area contributed by atoms with Crippen LogP contribution in [0.5, 0.6) is 0 Å². The van der Waals surface area contributed by atoms with Crippen LogP contribution in [-0.2, 0) is 9.53 Å². The Morgan fingerprint density at radius 1 is 1.35 bits per heavy atom. The van der Waals surface area contributed by atoms with Crippen LogP contribution < -0.4 is 5.32 Å². The Balaban J connectivity index is 1.62. The molecule has 0 radical (unpaired) electrons. The van der Waals surface area contributed by atoms with Gasteiger partial charge in [0.1, 0.15) is 0 Å². The van der Waals surface area contributed by atoms with Gasteiger partial charge in [0.05, 0.1) is 0 Å². The molecule has 17 heavy (non-hydrogen) atoms. The lowest BCUT2D eigenvalue weighted by Crippen LogP contribution is -2.14. The highest BCUT2D eigenvalue weighted by Crippen LogP contribution is 2.31. The lowest BCUT2D eigenvalue weighted by Gasteiger charge is -2.20. The molecule has 0 atom stereocenters. The molecule has 5 heteroatoms. The van der Waals surface area contributed by atoms with Crippen LogP contribution in [-0.4, -0.2) is 29.3 Å². The normalized spacial score (nSPS) is 21.4. The molecule has 0 bridgehead atoms. The molecule has 0 spiro atoms. The lowest BCUT2D eigenvalue weighted by atomic mass is 9.97. The maximum atomic E-state index is 11.6. The first-order valence-corrected chi connectivity index (χ1v) is 6.27. The molecule has 1 aromatic heterocycles. The summed E-state index contributed by atoms with van der Waals surface area (Å²) >= 11 is 0. The molecular formula is C12H17N3O2. The summed E-state index contributed by atoms with van der Waals surface area (Å²) in [5, 5.41) is 10.0. The van der Waals surface area contributed by atoms with E-state index in [0.29, 0.717) is 11.7 Å². The van der Waals surface area contributed by atoms with Crippen molar-refractivity contribution >= 4 is 11.7 Å². The topological polar surface area (TPSA) is 67.0 Å². The zero-order valence-electron chi connectivity index (χ0n) is 9.74. The number of nitrogens with zero attached hydrogens (tertiary/aromatic N) is 1. The molecule has 1 aliphatic heterocycles. The SMILES string of the molecule is O=C(Nc1cc(C2CCOCC2)[nH]n1)C1CC1. The number of amides is 1. The number of ether oxygens (including phenoxy) is 1. The molecule has 2 heterocycles. The first kappa shape index (κ1) is 10.8. The number of carbonyl (C=O) groups excluding carboxylic acids is 1. The summed E-state index contributed by atoms with van der Waals surface area (Å²) in [5.74, 6) is 1.47. The second kappa shape index (κ2) is 4.49. The molecule has 1 saturated heterocycles. The van der Waals surface area contributed by atoms with Gasteiger partial charge in [-0.3, -0.25) is 9.89 Å². The van der Waals surface area contributed by atoms with Crippen molar-refractivity contribution in [2.75, 3.05) is 18.5 Å². The summed E-state index contributed by atoms with van der Waals surface area (Å²) in [7, 11) is 0. The molecule has 2 N–H and O–H groups in total. The van der Waals surface area contributed by atoms with Crippen molar-refractivity contribution in [2.24, 2.45) is 5.92 Å². The molecule has 2 fully saturated rings. The number of rotatable bonds is 3. The number of carbonyl (C=O) groups is 1. The van der Waals surface area contributed by atoms with E-state index in [-0.39, 0.29) is 11.8 Å². The molecule has 3 rings (SSSR count). The van der Waals surface area contributed by atoms with Crippen molar-refractivity contribution in [1.29, 1.82) is 0 Å². The fourth-order valence-electron chi connectivity index (χ4n) is 2.19. The number of nitrogens with one attached hydrogen (secondary N) is 2. The first-order valence-electron chi connectivity index (χ1n) is 6.27. The Labute approximate surface area is 99.9 Å². The van der Waals surface area contributed by atoms with E-state index in [1.807, 2.05) is 6.07 Å². The maximum Gasteiger partial charge on any atom is 0.228 e. The van der Waals surface area contributed by atoms with Gasteiger partial charge in [-0.1, -0.05) is 0 Å². The van der Waals surface area contributed by atoms with Crippen LogP contribution in [0.4, 0.5) is 5.82 Å². The molecular weight excluding hydrogens is 218 g/mol. The van der Waals surface area contributed by atoms with E-state index >= 15 is 0 Å². The van der Waals surface area contributed by atoms with Gasteiger partial charge in [-0.2, -0.15) is 5.10 Å². The number of hydrogen-bond acceptors (Lipinski definition) is 3. The average Bonchev–Trinajstić information content (AvgIpc) is 3.12. The number of H-pyrrole nitrogens is 1. The molecule has 5 nitrogen and oxygen atoms in total. The Hall–Kier alpha value is -1.36. The largest absolute Gasteiger partial charge is 0.381 e. The highest BCUT2D eigenvalue weighted by molar-refractivity contribution is 5.93. The molecule has 2 aliphatic rings. The molecule has 92 valence electrons. The fraction of sp³-hybridized carbons (Fsp3) is 0.667. The molecule has 0 aromatic carbocycles. The van der Waals surface area contributed by atoms with Crippen LogP contribution >= 0.6 is 0 Å². The Kier molecular flexibility index (Phi) is 2.84. The molecule has 1 amide bonds. The van der Waals surface area contributed by atoms with Crippen molar-refractivity contribution < 1.29 is 9.53 Å². The van der Waals surface area contributed by atoms with Crippen molar-refractivity contribution in [1.82, 2.24) is 10.2 Å². The summed E-state index contributed by atoms with van der Waals surface area (Å²) in [4.78, 5) is 11.6. The lowest BCUT2D eigenvalue weighted by molar-refractivity contribution is -0.117. The third-order valence-electron chi connectivity index (χ3n) is 3.46. The minimum atomic E-state index is 0.107. The molecule has 1 aliphatic carbocycles. The van der Waals surface area contributed by atoms with Gasteiger partial charge in [-0.05, 0) is 25.7 Å². The second-order valence-corrected chi connectivity index (χ2v) is 4.86. The summed E-state index contributed by atoms with van der Waals surface area (Å²) < 4.78 is 5.33. The van der Waals surface area contributed by atoms with E-state index in [1.54, 1.807) is 0 Å². The average molecular weight is 235 g/mol. The number of anilines is 1. The Bertz CT molecular complexity index is 406. The van der Waals surface area contributed by atoms with E-state index < -0.39 is 0 Å². The minimum absolute atomic E-state index is 0.107. The van der Waals surface area contributed by atoms with Gasteiger partial charge >= 0.3 is 0 Å². The predicted octanol–water partition coefficient (Wildman–Crippen LogP) is 1.65. The zero-order chi connectivity index (χ0) is 11.7. The number of hydrogen-bond donors (Lipinski definition) is 2. The van der Waals surface area contributed by atoms with Crippen LogP contribution in [0.1, 0.15) is 37.3 Å². The van der Waals surface area contributed by atoms with E-state index in [4.69, 9.17) is 4.74 Å². The van der Waals surface area contributed by atoms with Crippen molar-refractivity contribution in [2.45, 2.75) is 31.6 Å². The first-order chi connectivity index (χ1) is 8.33. The van der Waals surface area contributed by atoms with Gasteiger partial charge in [0.15, 0.2) is 5.82 Å². The van der Waals surface area contributed by atoms with Crippen LogP contribution in [0.25, 0.3) is 0 Å². The second-order valence-electron chi connectivity index (χ2n) is 4.86. The summed E-state index contributed by atoms with van der Waals surface area (Å²) in [6.45, 7) is 1.63. The summed E-state index contributed by atoms with van der Waals surface area (Å²) in [5.41, 5.74) is 1.11. The summed E-state index contributed by atoms with van der Waals surface area (Å²) in [6.07, 6.45) is 4.09. The Morgan fingerprint density at radius 3 is 2.82 bits per heavy atom. The van der Waals surface area contributed by atoms with E-state index in [2.05, 4.69) is 15.5 Å². The molecule has 1 aromatic rings. The highest BCUT2D eigenvalue weighted by atomic mass is 16.5. The van der Waals surface area contributed by atoms with Crippen LogP contribution in [0.2, 0.25) is 0 Å². The standard InChI is InChI=1S/C12H17N3O2/c16-12(9-1-2-9)13-11-7-10(14-15-11)8-3-5-17-6-4-8/h7-9H,1-6H2,(H2,13,14,15,16). The van der Waals surface area contributed by atoms with Gasteiger partial charge in [-0.25, -0.2) is 0 Å². The molecule has 0 unspecified atom stereocenters. The highest BCUT2D eigenvalue weighted by Gasteiger charge is 2.30. The van der Waals surface area contributed by atoms with Crippen molar-refractivity contribution in [3.8, 4) is 0 Å². The van der Waals surface area contributed by atoms with Crippen LogP contribution in [0.15, 0.2) is 6.07 Å². The monoisotopic (exact) mass is 235 g/mol. The zero-order valence-corrected chi connectivity index (χ0v) is 9.74. The van der Waals surface area contributed by atoms with E-state index in [1.165, 1.54) is 0 Å². The van der Waals surface area contributed by atoms with Crippen LogP contribution in [0, 0.1) is 5.92 Å². The third kappa shape index (κ3) is 2.49. The van der Waals surface area contributed by atoms with E-state index in [0.717, 1.165) is 44.6 Å². The predicted molar refractivity (Wildman–Crippen MR) is 62.7 cm³/mol. The quantitative estimate of drug-likeness (QED) is 0.837. The van der Waals surface area contributed by atoms with Gasteiger partial charge in [0.25, 0.3) is 0 Å². The molecule has 1 saturated carbocycles. The smallest absolute Gasteiger partial charge is 0.228 e. The Morgan fingerprint density at radius 2 is 2.12 bits per heavy atom. The van der Waals surface area contributed by atoms with E-state index in [9.17, 15) is 4.79 Å². The third-order valence-corrected chi connectivity index (χ3v) is 3.46. The number of aromatic amines is 1. The van der Waals surface area contributed by atoms with Gasteiger partial charge in [0.2, 0.25) is 5.91 Å². The maximum absolute atomic E-state index is 11.6. The van der Waals surface area contributed by atoms with Crippen molar-refractivity contribution in [3.05, 3.63) is 11.8 Å². The minimum Gasteiger partial charge on any atom is -0.381 e. The fourth-order valence-corrected chi connectivity index (χ4v) is 2.19. The summed E-state index contributed by atoms with van der Waals surface area (Å²) in [6, 6.07) is 1.95.